The van der Waals surface area contributed by atoms with E-state index in [9.17, 15) is 22.8 Å². The molecule has 126 valence electrons. The lowest BCUT2D eigenvalue weighted by Crippen LogP contribution is -2.29. The average molecular weight is 357 g/mol. The lowest BCUT2D eigenvalue weighted by atomic mass is 10.2. The molecule has 2 aromatic rings. The Morgan fingerprint density at radius 1 is 0.958 bits per heavy atom. The van der Waals surface area contributed by atoms with Crippen LogP contribution in [-0.2, 0) is 11.3 Å². The van der Waals surface area contributed by atoms with Gasteiger partial charge in [0.2, 0.25) is 0 Å². The van der Waals surface area contributed by atoms with E-state index in [4.69, 9.17) is 11.6 Å². The molecule has 0 saturated carbocycles. The van der Waals surface area contributed by atoms with Gasteiger partial charge in [-0.25, -0.2) is 0 Å². The SMILES string of the molecule is O=C(NCc1ccc(NC(=O)C(F)(F)F)cc1)c1ccc(Cl)cc1. The lowest BCUT2D eigenvalue weighted by Gasteiger charge is -2.09. The predicted molar refractivity (Wildman–Crippen MR) is 83.7 cm³/mol. The lowest BCUT2D eigenvalue weighted by molar-refractivity contribution is -0.167. The molecule has 24 heavy (non-hydrogen) atoms. The van der Waals surface area contributed by atoms with Gasteiger partial charge >= 0.3 is 12.1 Å². The van der Waals surface area contributed by atoms with Gasteiger partial charge in [0, 0.05) is 22.8 Å². The van der Waals surface area contributed by atoms with E-state index in [0.717, 1.165) is 0 Å². The number of hydrogen-bond donors (Lipinski definition) is 2. The summed E-state index contributed by atoms with van der Waals surface area (Å²) in [5.41, 5.74) is 1.13. The molecule has 0 atom stereocenters. The summed E-state index contributed by atoms with van der Waals surface area (Å²) in [5, 5.41) is 4.93. The molecule has 0 aliphatic heterocycles. The molecule has 2 amide bonds. The molecule has 2 rings (SSSR count). The first kappa shape index (κ1) is 17.8. The molecule has 0 unspecified atom stereocenters. The van der Waals surface area contributed by atoms with Gasteiger partial charge in [0.1, 0.15) is 0 Å². The number of rotatable bonds is 4. The van der Waals surface area contributed by atoms with E-state index < -0.39 is 12.1 Å². The van der Waals surface area contributed by atoms with Crippen LogP contribution in [0.15, 0.2) is 48.5 Å². The van der Waals surface area contributed by atoms with Gasteiger partial charge in [0.25, 0.3) is 5.91 Å². The molecule has 0 spiro atoms. The summed E-state index contributed by atoms with van der Waals surface area (Å²) in [5.74, 6) is -2.34. The maximum Gasteiger partial charge on any atom is 0.471 e. The third-order valence-corrected chi connectivity index (χ3v) is 3.28. The summed E-state index contributed by atoms with van der Waals surface area (Å²) in [6, 6.07) is 12.0. The van der Waals surface area contributed by atoms with Gasteiger partial charge in [0.15, 0.2) is 0 Å². The molecule has 0 heterocycles. The normalized spacial score (nSPS) is 11.0. The largest absolute Gasteiger partial charge is 0.471 e. The van der Waals surface area contributed by atoms with E-state index in [1.165, 1.54) is 24.3 Å². The first-order valence-corrected chi connectivity index (χ1v) is 7.14. The molecule has 0 aromatic heterocycles. The Balaban J connectivity index is 1.91. The molecule has 0 aliphatic rings. The highest BCUT2D eigenvalue weighted by atomic mass is 35.5. The fraction of sp³-hybridized carbons (Fsp3) is 0.125. The fourth-order valence-corrected chi connectivity index (χ4v) is 1.92. The summed E-state index contributed by atoms with van der Waals surface area (Å²) < 4.78 is 36.4. The molecule has 4 nitrogen and oxygen atoms in total. The van der Waals surface area contributed by atoms with E-state index in [2.05, 4.69) is 5.32 Å². The van der Waals surface area contributed by atoms with Crippen molar-refractivity contribution in [3.05, 3.63) is 64.7 Å². The number of hydrogen-bond acceptors (Lipinski definition) is 2. The van der Waals surface area contributed by atoms with E-state index >= 15 is 0 Å². The van der Waals surface area contributed by atoms with Crippen LogP contribution in [0.5, 0.6) is 0 Å². The van der Waals surface area contributed by atoms with Crippen LogP contribution in [0.2, 0.25) is 5.02 Å². The summed E-state index contributed by atoms with van der Waals surface area (Å²) in [6.07, 6.45) is -4.94. The summed E-state index contributed by atoms with van der Waals surface area (Å²) in [4.78, 5) is 22.7. The highest BCUT2D eigenvalue weighted by Crippen LogP contribution is 2.18. The molecule has 2 aromatic carbocycles. The van der Waals surface area contributed by atoms with Gasteiger partial charge in [-0.3, -0.25) is 9.59 Å². The number of benzene rings is 2. The second-order valence-electron chi connectivity index (χ2n) is 4.84. The van der Waals surface area contributed by atoms with E-state index in [-0.39, 0.29) is 18.1 Å². The van der Waals surface area contributed by atoms with Gasteiger partial charge in [-0.1, -0.05) is 23.7 Å². The minimum atomic E-state index is -4.94. The van der Waals surface area contributed by atoms with Crippen molar-refractivity contribution in [1.29, 1.82) is 0 Å². The van der Waals surface area contributed by atoms with Gasteiger partial charge < -0.3 is 10.6 Å². The van der Waals surface area contributed by atoms with E-state index in [0.29, 0.717) is 16.1 Å². The highest BCUT2D eigenvalue weighted by molar-refractivity contribution is 6.30. The quantitative estimate of drug-likeness (QED) is 0.876. The maximum atomic E-state index is 12.1. The third-order valence-electron chi connectivity index (χ3n) is 3.03. The van der Waals surface area contributed by atoms with Crippen molar-refractivity contribution in [2.75, 3.05) is 5.32 Å². The standard InChI is InChI=1S/C16H12ClF3N2O2/c17-12-5-3-11(4-6-12)14(23)21-9-10-1-7-13(8-2-10)22-15(24)16(18,19)20/h1-8H,9H2,(H,21,23)(H,22,24). The van der Waals surface area contributed by atoms with Crippen LogP contribution in [0.1, 0.15) is 15.9 Å². The average Bonchev–Trinajstić information content (AvgIpc) is 2.53. The topological polar surface area (TPSA) is 58.2 Å². The van der Waals surface area contributed by atoms with Crippen molar-refractivity contribution in [2.24, 2.45) is 0 Å². The Morgan fingerprint density at radius 2 is 1.54 bits per heavy atom. The van der Waals surface area contributed by atoms with Crippen LogP contribution < -0.4 is 10.6 Å². The molecule has 0 bridgehead atoms. The number of alkyl halides is 3. The number of nitrogens with one attached hydrogen (secondary N) is 2. The maximum absolute atomic E-state index is 12.1. The zero-order chi connectivity index (χ0) is 17.7. The van der Waals surface area contributed by atoms with Crippen LogP contribution in [-0.4, -0.2) is 18.0 Å². The van der Waals surface area contributed by atoms with Crippen molar-refractivity contribution in [2.45, 2.75) is 12.7 Å². The molecule has 2 N–H and O–H groups in total. The van der Waals surface area contributed by atoms with Crippen molar-refractivity contribution in [3.8, 4) is 0 Å². The molecule has 8 heteroatoms. The molecular weight excluding hydrogens is 345 g/mol. The summed E-state index contributed by atoms with van der Waals surface area (Å²) in [6.45, 7) is 0.189. The Morgan fingerprint density at radius 3 is 2.08 bits per heavy atom. The van der Waals surface area contributed by atoms with Gasteiger partial charge in [-0.15, -0.1) is 0 Å². The second kappa shape index (κ2) is 7.35. The monoisotopic (exact) mass is 356 g/mol. The van der Waals surface area contributed by atoms with Crippen LogP contribution in [0.3, 0.4) is 0 Å². The van der Waals surface area contributed by atoms with Crippen molar-refractivity contribution in [3.63, 3.8) is 0 Å². The Hall–Kier alpha value is -2.54. The van der Waals surface area contributed by atoms with Crippen molar-refractivity contribution < 1.29 is 22.8 Å². The second-order valence-corrected chi connectivity index (χ2v) is 5.27. The van der Waals surface area contributed by atoms with E-state index in [1.54, 1.807) is 29.6 Å². The zero-order valence-corrected chi connectivity index (χ0v) is 12.9. The van der Waals surface area contributed by atoms with Crippen molar-refractivity contribution >= 4 is 29.1 Å². The van der Waals surface area contributed by atoms with Crippen LogP contribution in [0, 0.1) is 0 Å². The minimum absolute atomic E-state index is 0.0186. The fourth-order valence-electron chi connectivity index (χ4n) is 1.79. The molecule has 0 saturated heterocycles. The van der Waals surface area contributed by atoms with Gasteiger partial charge in [0.05, 0.1) is 0 Å². The Kier molecular flexibility index (Phi) is 5.46. The van der Waals surface area contributed by atoms with E-state index in [1.807, 2.05) is 0 Å². The third kappa shape index (κ3) is 4.99. The van der Waals surface area contributed by atoms with Crippen LogP contribution in [0.4, 0.5) is 18.9 Å². The molecule has 0 radical (unpaired) electrons. The van der Waals surface area contributed by atoms with Crippen LogP contribution in [0.25, 0.3) is 0 Å². The van der Waals surface area contributed by atoms with Gasteiger partial charge in [-0.05, 0) is 42.0 Å². The minimum Gasteiger partial charge on any atom is -0.348 e. The van der Waals surface area contributed by atoms with Crippen LogP contribution >= 0.6 is 11.6 Å². The zero-order valence-electron chi connectivity index (χ0n) is 12.2. The number of halogens is 4. The van der Waals surface area contributed by atoms with Crippen molar-refractivity contribution in [1.82, 2.24) is 5.32 Å². The predicted octanol–water partition coefficient (Wildman–Crippen LogP) is 3.77. The Bertz CT molecular complexity index is 728. The smallest absolute Gasteiger partial charge is 0.348 e. The summed E-state index contributed by atoms with van der Waals surface area (Å²) in [7, 11) is 0. The molecule has 0 fully saturated rings. The Labute approximate surface area is 140 Å². The number of anilines is 1. The van der Waals surface area contributed by atoms with Gasteiger partial charge in [-0.2, -0.15) is 13.2 Å². The number of amides is 2. The summed E-state index contributed by atoms with van der Waals surface area (Å²) >= 11 is 5.74. The number of carbonyl (C=O) groups is 2. The number of carbonyl (C=O) groups excluding carboxylic acids is 2. The molecule has 0 aliphatic carbocycles. The molecular formula is C16H12ClF3N2O2. The first-order chi connectivity index (χ1) is 11.3. The first-order valence-electron chi connectivity index (χ1n) is 6.76. The highest BCUT2D eigenvalue weighted by Gasteiger charge is 2.38.